The van der Waals surface area contributed by atoms with Crippen molar-refractivity contribution in [3.8, 4) is 11.5 Å². The first-order valence-corrected chi connectivity index (χ1v) is 6.77. The molecule has 1 aromatic rings. The second-order valence-electron chi connectivity index (χ2n) is 4.88. The van der Waals surface area contributed by atoms with Crippen molar-refractivity contribution in [1.29, 1.82) is 0 Å². The van der Waals surface area contributed by atoms with Gasteiger partial charge in [-0.05, 0) is 43.6 Å². The Balaban J connectivity index is 0.00000180. The average Bonchev–Trinajstić information content (AvgIpc) is 2.67. The highest BCUT2D eigenvalue weighted by molar-refractivity contribution is 5.85. The number of halogens is 1. The molecule has 1 fully saturated rings. The normalized spacial score (nSPS) is 16.3. The summed E-state index contributed by atoms with van der Waals surface area (Å²) in [7, 11) is 3.36. The lowest BCUT2D eigenvalue weighted by Crippen LogP contribution is -2.23. The monoisotopic (exact) mass is 285 g/mol. The topological polar surface area (TPSA) is 21.7 Å². The van der Waals surface area contributed by atoms with E-state index < -0.39 is 0 Å². The van der Waals surface area contributed by atoms with Crippen LogP contribution in [-0.4, -0.2) is 32.2 Å². The Labute approximate surface area is 122 Å². The van der Waals surface area contributed by atoms with Crippen LogP contribution < -0.4 is 9.47 Å². The van der Waals surface area contributed by atoms with Crippen LogP contribution in [0.5, 0.6) is 11.5 Å². The van der Waals surface area contributed by atoms with E-state index in [4.69, 9.17) is 9.47 Å². The third kappa shape index (κ3) is 4.59. The molecule has 0 unspecified atom stereocenters. The highest BCUT2D eigenvalue weighted by Gasteiger charge is 2.11. The van der Waals surface area contributed by atoms with Crippen molar-refractivity contribution in [3.05, 3.63) is 23.8 Å². The standard InChI is InChI=1S/C15H23NO2.ClH/c1-17-14-8-7-13(11-15(14)18-2)12-16-9-5-3-4-6-10-16;/h7-8,11H,3-6,9-10,12H2,1-2H3;1H. The number of methoxy groups -OCH3 is 2. The summed E-state index contributed by atoms with van der Waals surface area (Å²) in [6.45, 7) is 3.45. The summed E-state index contributed by atoms with van der Waals surface area (Å²) >= 11 is 0. The van der Waals surface area contributed by atoms with Crippen LogP contribution >= 0.6 is 12.4 Å². The van der Waals surface area contributed by atoms with Gasteiger partial charge in [-0.2, -0.15) is 0 Å². The van der Waals surface area contributed by atoms with Crippen LogP contribution in [0.2, 0.25) is 0 Å². The van der Waals surface area contributed by atoms with Crippen molar-refractivity contribution in [3.63, 3.8) is 0 Å². The Morgan fingerprint density at radius 2 is 1.58 bits per heavy atom. The third-order valence-electron chi connectivity index (χ3n) is 3.55. The van der Waals surface area contributed by atoms with Gasteiger partial charge in [-0.25, -0.2) is 0 Å². The first-order chi connectivity index (χ1) is 8.83. The zero-order chi connectivity index (χ0) is 12.8. The summed E-state index contributed by atoms with van der Waals surface area (Å²) < 4.78 is 10.6. The van der Waals surface area contributed by atoms with Gasteiger partial charge in [0.15, 0.2) is 11.5 Å². The van der Waals surface area contributed by atoms with E-state index in [0.717, 1.165) is 18.0 Å². The van der Waals surface area contributed by atoms with E-state index in [0.29, 0.717) is 0 Å². The molecule has 1 aromatic carbocycles. The lowest BCUT2D eigenvalue weighted by atomic mass is 10.2. The van der Waals surface area contributed by atoms with Crippen molar-refractivity contribution >= 4 is 12.4 Å². The fourth-order valence-electron chi connectivity index (χ4n) is 2.53. The molecule has 0 amide bonds. The Kier molecular flexibility index (Phi) is 7.03. The molecule has 3 nitrogen and oxygen atoms in total. The number of hydrogen-bond donors (Lipinski definition) is 0. The number of nitrogens with zero attached hydrogens (tertiary/aromatic N) is 1. The summed E-state index contributed by atoms with van der Waals surface area (Å²) in [6.07, 6.45) is 5.41. The minimum Gasteiger partial charge on any atom is -0.493 e. The zero-order valence-corrected chi connectivity index (χ0v) is 12.7. The molecular formula is C15H24ClNO2. The number of rotatable bonds is 4. The van der Waals surface area contributed by atoms with E-state index >= 15 is 0 Å². The third-order valence-corrected chi connectivity index (χ3v) is 3.55. The lowest BCUT2D eigenvalue weighted by Gasteiger charge is -2.20. The van der Waals surface area contributed by atoms with Crippen LogP contribution in [0.3, 0.4) is 0 Å². The lowest BCUT2D eigenvalue weighted by molar-refractivity contribution is 0.276. The molecule has 108 valence electrons. The van der Waals surface area contributed by atoms with Crippen LogP contribution in [0.15, 0.2) is 18.2 Å². The van der Waals surface area contributed by atoms with Gasteiger partial charge in [0.2, 0.25) is 0 Å². The molecule has 1 heterocycles. The zero-order valence-electron chi connectivity index (χ0n) is 11.9. The molecule has 4 heteroatoms. The van der Waals surface area contributed by atoms with Gasteiger partial charge >= 0.3 is 0 Å². The van der Waals surface area contributed by atoms with E-state index in [1.54, 1.807) is 14.2 Å². The molecule has 1 aliphatic rings. The minimum atomic E-state index is 0. The van der Waals surface area contributed by atoms with Crippen molar-refractivity contribution in [1.82, 2.24) is 4.90 Å². The first-order valence-electron chi connectivity index (χ1n) is 6.77. The van der Waals surface area contributed by atoms with Crippen LogP contribution in [0.4, 0.5) is 0 Å². The number of ether oxygens (including phenoxy) is 2. The molecule has 19 heavy (non-hydrogen) atoms. The summed E-state index contributed by atoms with van der Waals surface area (Å²) in [5.74, 6) is 1.63. The van der Waals surface area contributed by atoms with Gasteiger partial charge in [-0.15, -0.1) is 12.4 Å². The minimum absolute atomic E-state index is 0. The fourth-order valence-corrected chi connectivity index (χ4v) is 2.53. The van der Waals surface area contributed by atoms with Gasteiger partial charge in [-0.3, -0.25) is 4.90 Å². The van der Waals surface area contributed by atoms with Crippen molar-refractivity contribution in [2.24, 2.45) is 0 Å². The first kappa shape index (κ1) is 16.1. The van der Waals surface area contributed by atoms with E-state index in [2.05, 4.69) is 17.0 Å². The maximum Gasteiger partial charge on any atom is 0.161 e. The molecule has 0 saturated carbocycles. The quantitative estimate of drug-likeness (QED) is 0.845. The van der Waals surface area contributed by atoms with Crippen LogP contribution in [0.25, 0.3) is 0 Å². The van der Waals surface area contributed by atoms with Crippen LogP contribution in [0.1, 0.15) is 31.2 Å². The van der Waals surface area contributed by atoms with Gasteiger partial charge in [0.25, 0.3) is 0 Å². The molecule has 0 bridgehead atoms. The molecule has 0 spiro atoms. The molecule has 1 saturated heterocycles. The Morgan fingerprint density at radius 1 is 0.947 bits per heavy atom. The predicted octanol–water partition coefficient (Wildman–Crippen LogP) is 3.50. The molecule has 1 aliphatic heterocycles. The Morgan fingerprint density at radius 3 is 2.16 bits per heavy atom. The molecular weight excluding hydrogens is 262 g/mol. The Hall–Kier alpha value is -0.930. The highest BCUT2D eigenvalue weighted by atomic mass is 35.5. The average molecular weight is 286 g/mol. The van der Waals surface area contributed by atoms with Crippen LogP contribution in [0, 0.1) is 0 Å². The summed E-state index contributed by atoms with van der Waals surface area (Å²) in [5, 5.41) is 0. The number of likely N-dealkylation sites (tertiary alicyclic amines) is 1. The van der Waals surface area contributed by atoms with Crippen LogP contribution in [-0.2, 0) is 6.54 Å². The van der Waals surface area contributed by atoms with E-state index in [1.807, 2.05) is 6.07 Å². The van der Waals surface area contributed by atoms with Gasteiger partial charge in [0.05, 0.1) is 14.2 Å². The number of benzene rings is 1. The molecule has 0 atom stereocenters. The molecule has 0 N–H and O–H groups in total. The second-order valence-corrected chi connectivity index (χ2v) is 4.88. The molecule has 2 rings (SSSR count). The number of hydrogen-bond acceptors (Lipinski definition) is 3. The van der Waals surface area contributed by atoms with Gasteiger partial charge in [0.1, 0.15) is 0 Å². The van der Waals surface area contributed by atoms with Crippen molar-refractivity contribution < 1.29 is 9.47 Å². The summed E-state index contributed by atoms with van der Waals surface area (Å²) in [6, 6.07) is 6.21. The maximum atomic E-state index is 5.35. The van der Waals surface area contributed by atoms with Crippen molar-refractivity contribution in [2.75, 3.05) is 27.3 Å². The SMILES string of the molecule is COc1ccc(CN2CCCCCC2)cc1OC.Cl. The molecule has 0 aromatic heterocycles. The van der Waals surface area contributed by atoms with E-state index in [-0.39, 0.29) is 12.4 Å². The fraction of sp³-hybridized carbons (Fsp3) is 0.600. The smallest absolute Gasteiger partial charge is 0.161 e. The van der Waals surface area contributed by atoms with Gasteiger partial charge in [0, 0.05) is 6.54 Å². The van der Waals surface area contributed by atoms with E-state index in [9.17, 15) is 0 Å². The summed E-state index contributed by atoms with van der Waals surface area (Å²) in [4.78, 5) is 2.54. The predicted molar refractivity (Wildman–Crippen MR) is 80.5 cm³/mol. The van der Waals surface area contributed by atoms with Gasteiger partial charge < -0.3 is 9.47 Å². The summed E-state index contributed by atoms with van der Waals surface area (Å²) in [5.41, 5.74) is 1.30. The highest BCUT2D eigenvalue weighted by Crippen LogP contribution is 2.28. The largest absolute Gasteiger partial charge is 0.493 e. The van der Waals surface area contributed by atoms with Gasteiger partial charge in [-0.1, -0.05) is 18.9 Å². The second kappa shape index (κ2) is 8.28. The maximum absolute atomic E-state index is 5.35. The van der Waals surface area contributed by atoms with Crippen molar-refractivity contribution in [2.45, 2.75) is 32.2 Å². The molecule has 0 aliphatic carbocycles. The Bertz CT molecular complexity index is 376. The molecule has 0 radical (unpaired) electrons. The van der Waals surface area contributed by atoms with E-state index in [1.165, 1.54) is 44.3 Å².